The van der Waals surface area contributed by atoms with Gasteiger partial charge in [0, 0.05) is 29.2 Å². The number of carbonyl (C=O) groups excluding carboxylic acids is 1. The molecule has 3 aromatic rings. The molecule has 1 amide bonds. The molecule has 1 atom stereocenters. The minimum Gasteiger partial charge on any atom is -0.406 e. The summed E-state index contributed by atoms with van der Waals surface area (Å²) in [7, 11) is 0. The van der Waals surface area contributed by atoms with Gasteiger partial charge in [0.15, 0.2) is 0 Å². The zero-order valence-electron chi connectivity index (χ0n) is 15.6. The lowest BCUT2D eigenvalue weighted by molar-refractivity contribution is -0.274. The third-order valence-electron chi connectivity index (χ3n) is 4.72. The van der Waals surface area contributed by atoms with Crippen LogP contribution in [0, 0.1) is 6.92 Å². The Balaban J connectivity index is 1.50. The molecular weight excluding hydrogens is 423 g/mol. The molecule has 1 fully saturated rings. The Bertz CT molecular complexity index is 1080. The van der Waals surface area contributed by atoms with E-state index < -0.39 is 6.36 Å². The van der Waals surface area contributed by atoms with Crippen molar-refractivity contribution in [3.05, 3.63) is 58.9 Å². The number of rotatable bonds is 4. The molecule has 1 saturated heterocycles. The first-order valence-electron chi connectivity index (χ1n) is 8.96. The van der Waals surface area contributed by atoms with E-state index in [1.165, 1.54) is 24.3 Å². The number of hydrogen-bond acceptors (Lipinski definition) is 5. The molecule has 0 spiro atoms. The zero-order chi connectivity index (χ0) is 21.5. The largest absolute Gasteiger partial charge is 0.573 e. The molecular formula is C20H15ClF3N3O3. The summed E-state index contributed by atoms with van der Waals surface area (Å²) in [5.41, 5.74) is 2.11. The maximum atomic E-state index is 12.5. The van der Waals surface area contributed by atoms with Crippen molar-refractivity contribution in [2.45, 2.75) is 25.6 Å². The van der Waals surface area contributed by atoms with Gasteiger partial charge in [-0.15, -0.1) is 13.2 Å². The van der Waals surface area contributed by atoms with Crippen molar-refractivity contribution in [3.8, 4) is 17.1 Å². The molecule has 1 unspecified atom stereocenters. The maximum Gasteiger partial charge on any atom is 0.573 e. The fraction of sp³-hybridized carbons (Fsp3) is 0.250. The minimum absolute atomic E-state index is 0.0845. The van der Waals surface area contributed by atoms with Crippen molar-refractivity contribution >= 4 is 23.2 Å². The van der Waals surface area contributed by atoms with Gasteiger partial charge in [0.1, 0.15) is 5.75 Å². The van der Waals surface area contributed by atoms with Crippen LogP contribution in [0.3, 0.4) is 0 Å². The Morgan fingerprint density at radius 2 is 1.93 bits per heavy atom. The average Bonchev–Trinajstić information content (AvgIpc) is 3.30. The van der Waals surface area contributed by atoms with Crippen molar-refractivity contribution in [1.29, 1.82) is 0 Å². The quantitative estimate of drug-likeness (QED) is 0.567. The van der Waals surface area contributed by atoms with E-state index in [4.69, 9.17) is 16.1 Å². The van der Waals surface area contributed by atoms with Crippen molar-refractivity contribution < 1.29 is 27.2 Å². The van der Waals surface area contributed by atoms with Crippen LogP contribution >= 0.6 is 11.6 Å². The second-order valence-corrected chi connectivity index (χ2v) is 7.30. The minimum atomic E-state index is -4.76. The molecule has 0 saturated carbocycles. The number of anilines is 1. The van der Waals surface area contributed by atoms with Crippen LogP contribution in [-0.2, 0) is 4.79 Å². The molecule has 2 aromatic carbocycles. The van der Waals surface area contributed by atoms with Gasteiger partial charge in [-0.2, -0.15) is 4.98 Å². The van der Waals surface area contributed by atoms with Crippen molar-refractivity contribution in [2.24, 2.45) is 0 Å². The molecule has 4 rings (SSSR count). The van der Waals surface area contributed by atoms with E-state index in [1.807, 2.05) is 13.0 Å². The summed E-state index contributed by atoms with van der Waals surface area (Å²) in [6.07, 6.45) is -4.56. The first-order valence-corrected chi connectivity index (χ1v) is 9.34. The molecule has 0 aliphatic carbocycles. The first-order chi connectivity index (χ1) is 14.2. The zero-order valence-corrected chi connectivity index (χ0v) is 16.4. The predicted molar refractivity (Wildman–Crippen MR) is 102 cm³/mol. The monoisotopic (exact) mass is 437 g/mol. The molecule has 0 N–H and O–H groups in total. The molecule has 1 aliphatic rings. The molecule has 0 bridgehead atoms. The van der Waals surface area contributed by atoms with Crippen LogP contribution in [0.1, 0.15) is 23.8 Å². The van der Waals surface area contributed by atoms with Gasteiger partial charge in [0.05, 0.1) is 5.92 Å². The highest BCUT2D eigenvalue weighted by atomic mass is 35.5. The highest BCUT2D eigenvalue weighted by Gasteiger charge is 2.36. The van der Waals surface area contributed by atoms with E-state index in [-0.39, 0.29) is 35.7 Å². The highest BCUT2D eigenvalue weighted by Crippen LogP contribution is 2.35. The average molecular weight is 438 g/mol. The van der Waals surface area contributed by atoms with Crippen LogP contribution in [-0.4, -0.2) is 29.0 Å². The smallest absolute Gasteiger partial charge is 0.406 e. The lowest BCUT2D eigenvalue weighted by Crippen LogP contribution is -2.25. The van der Waals surface area contributed by atoms with Gasteiger partial charge < -0.3 is 14.2 Å². The topological polar surface area (TPSA) is 68.5 Å². The summed E-state index contributed by atoms with van der Waals surface area (Å²) >= 11 is 6.06. The van der Waals surface area contributed by atoms with E-state index in [2.05, 4.69) is 14.9 Å². The Labute approximate surface area is 174 Å². The lowest BCUT2D eigenvalue weighted by Gasteiger charge is -2.18. The molecule has 1 aliphatic heterocycles. The van der Waals surface area contributed by atoms with Gasteiger partial charge in [0.2, 0.25) is 17.6 Å². The Morgan fingerprint density at radius 1 is 1.20 bits per heavy atom. The summed E-state index contributed by atoms with van der Waals surface area (Å²) in [6.45, 7) is 2.25. The Hall–Kier alpha value is -3.07. The summed E-state index contributed by atoms with van der Waals surface area (Å²) in [4.78, 5) is 18.5. The van der Waals surface area contributed by atoms with Crippen molar-refractivity contribution in [2.75, 3.05) is 11.4 Å². The van der Waals surface area contributed by atoms with E-state index >= 15 is 0 Å². The number of ether oxygens (including phenoxy) is 1. The van der Waals surface area contributed by atoms with Crippen LogP contribution in [0.15, 0.2) is 47.0 Å². The third-order valence-corrected chi connectivity index (χ3v) is 4.96. The van der Waals surface area contributed by atoms with Crippen LogP contribution in [0.5, 0.6) is 5.75 Å². The first kappa shape index (κ1) is 20.2. The molecule has 2 heterocycles. The third kappa shape index (κ3) is 4.25. The number of halogens is 4. The SMILES string of the molecule is Cc1ccc(Cl)cc1N1CC(c2nc(-c3ccc(OC(F)(F)F)cc3)no2)CC1=O. The molecule has 1 aromatic heterocycles. The molecule has 6 nitrogen and oxygen atoms in total. The number of nitrogens with zero attached hydrogens (tertiary/aromatic N) is 3. The second kappa shape index (κ2) is 7.64. The fourth-order valence-electron chi connectivity index (χ4n) is 3.30. The summed E-state index contributed by atoms with van der Waals surface area (Å²) in [5.74, 6) is -0.225. The number of aryl methyl sites for hydroxylation is 1. The number of hydrogen-bond donors (Lipinski definition) is 0. The van der Waals surface area contributed by atoms with Crippen LogP contribution < -0.4 is 9.64 Å². The van der Waals surface area contributed by atoms with Gasteiger partial charge in [-0.05, 0) is 48.9 Å². The number of carbonyl (C=O) groups is 1. The van der Waals surface area contributed by atoms with Crippen molar-refractivity contribution in [1.82, 2.24) is 10.1 Å². The number of benzene rings is 2. The van der Waals surface area contributed by atoms with E-state index in [1.54, 1.807) is 17.0 Å². The second-order valence-electron chi connectivity index (χ2n) is 6.86. The summed E-state index contributed by atoms with van der Waals surface area (Å²) in [5, 5.41) is 4.42. The highest BCUT2D eigenvalue weighted by molar-refractivity contribution is 6.31. The van der Waals surface area contributed by atoms with Crippen molar-refractivity contribution in [3.63, 3.8) is 0 Å². The molecule has 0 radical (unpaired) electrons. The maximum absolute atomic E-state index is 12.5. The fourth-order valence-corrected chi connectivity index (χ4v) is 3.47. The molecule has 30 heavy (non-hydrogen) atoms. The summed E-state index contributed by atoms with van der Waals surface area (Å²) in [6, 6.07) is 10.5. The molecule has 10 heteroatoms. The standard InChI is InChI=1S/C20H15ClF3N3O3/c1-11-2-5-14(21)9-16(11)27-10-13(8-17(27)28)19-25-18(26-30-19)12-3-6-15(7-4-12)29-20(22,23)24/h2-7,9,13H,8,10H2,1H3. The van der Waals surface area contributed by atoms with Gasteiger partial charge in [-0.1, -0.05) is 22.8 Å². The summed E-state index contributed by atoms with van der Waals surface area (Å²) < 4.78 is 46.0. The van der Waals surface area contributed by atoms with Crippen LogP contribution in [0.2, 0.25) is 5.02 Å². The van der Waals surface area contributed by atoms with Crippen LogP contribution in [0.25, 0.3) is 11.4 Å². The van der Waals surface area contributed by atoms with Gasteiger partial charge in [-0.25, -0.2) is 0 Å². The lowest BCUT2D eigenvalue weighted by atomic mass is 10.1. The van der Waals surface area contributed by atoms with Gasteiger partial charge >= 0.3 is 6.36 Å². The Kier molecular flexibility index (Phi) is 5.15. The van der Waals surface area contributed by atoms with E-state index in [9.17, 15) is 18.0 Å². The predicted octanol–water partition coefficient (Wildman–Crippen LogP) is 5.12. The normalized spacial score (nSPS) is 16.9. The van der Waals surface area contributed by atoms with E-state index in [0.717, 1.165) is 11.3 Å². The van der Waals surface area contributed by atoms with Crippen LogP contribution in [0.4, 0.5) is 18.9 Å². The number of aromatic nitrogens is 2. The number of alkyl halides is 3. The number of amides is 1. The van der Waals surface area contributed by atoms with Gasteiger partial charge in [0.25, 0.3) is 0 Å². The Morgan fingerprint density at radius 3 is 2.63 bits per heavy atom. The van der Waals surface area contributed by atoms with E-state index in [0.29, 0.717) is 17.1 Å². The van der Waals surface area contributed by atoms with Gasteiger partial charge in [-0.3, -0.25) is 4.79 Å². The molecule has 156 valence electrons.